The molecule has 0 saturated carbocycles. The summed E-state index contributed by atoms with van der Waals surface area (Å²) in [6.45, 7) is 0.665. The summed E-state index contributed by atoms with van der Waals surface area (Å²) >= 11 is -2.62. The van der Waals surface area contributed by atoms with E-state index in [0.717, 1.165) is 12.1 Å². The summed E-state index contributed by atoms with van der Waals surface area (Å²) in [5.41, 5.74) is -0.469. The van der Waals surface area contributed by atoms with E-state index in [1.807, 2.05) is 0 Å². The van der Waals surface area contributed by atoms with Crippen LogP contribution in [0.25, 0.3) is 0 Å². The maximum atomic E-state index is 12.8. The van der Waals surface area contributed by atoms with Crippen molar-refractivity contribution in [2.24, 2.45) is 0 Å². The summed E-state index contributed by atoms with van der Waals surface area (Å²) < 4.78 is 46.7. The summed E-state index contributed by atoms with van der Waals surface area (Å²) in [5.74, 6) is -3.13. The zero-order chi connectivity index (χ0) is 10.1. The molecule has 0 bridgehead atoms. The fraction of sp³-hybridized carbons (Fsp3) is 0.250. The van der Waals surface area contributed by atoms with Crippen LogP contribution in [0.5, 0.6) is 0 Å². The number of hydrogen-bond acceptors (Lipinski definition) is 2. The van der Waals surface area contributed by atoms with E-state index in [9.17, 15) is 17.5 Å². The molecule has 14 heavy (non-hydrogen) atoms. The first-order valence-corrected chi connectivity index (χ1v) is 4.57. The average Bonchev–Trinajstić information content (AvgIpc) is 2.03. The molecule has 0 heterocycles. The van der Waals surface area contributed by atoms with Crippen LogP contribution in [0.4, 0.5) is 8.78 Å². The zero-order valence-electron chi connectivity index (χ0n) is 7.79. The van der Waals surface area contributed by atoms with Gasteiger partial charge in [-0.25, -0.2) is 8.78 Å². The van der Waals surface area contributed by atoms with Gasteiger partial charge in [0.1, 0.15) is 0 Å². The van der Waals surface area contributed by atoms with Crippen LogP contribution in [0.3, 0.4) is 0 Å². The van der Waals surface area contributed by atoms with Gasteiger partial charge in [-0.2, -0.15) is 0 Å². The van der Waals surface area contributed by atoms with Crippen molar-refractivity contribution >= 4 is 11.1 Å². The van der Waals surface area contributed by atoms with Gasteiger partial charge in [0.15, 0.2) is 0 Å². The molecule has 0 aliphatic carbocycles. The predicted molar refractivity (Wildman–Crippen MR) is 43.2 cm³/mol. The van der Waals surface area contributed by atoms with Gasteiger partial charge in [0.25, 0.3) is 5.92 Å². The third kappa shape index (κ3) is 3.17. The zero-order valence-corrected chi connectivity index (χ0v) is 8.61. The first-order valence-electron chi connectivity index (χ1n) is 3.49. The minimum absolute atomic E-state index is 0. The van der Waals surface area contributed by atoms with Crippen molar-refractivity contribution in [3.05, 3.63) is 29.8 Å². The molecule has 1 aromatic carbocycles. The Morgan fingerprint density at radius 1 is 1.36 bits per heavy atom. The molecule has 0 aliphatic heterocycles. The standard InChI is InChI=1S/C8H8F2O2S.Li/c1-8(9,10)6-4-2-3-5-7(6)13(11)12;/h2-5H,1H3,(H,11,12);/q;+1/p-1. The predicted octanol–water partition coefficient (Wildman–Crippen LogP) is -0.960. The van der Waals surface area contributed by atoms with Gasteiger partial charge in [0.05, 0.1) is 0 Å². The van der Waals surface area contributed by atoms with Crippen LogP contribution in [-0.4, -0.2) is 8.76 Å². The molecule has 0 aromatic heterocycles. The van der Waals surface area contributed by atoms with Crippen molar-refractivity contribution in [3.8, 4) is 0 Å². The van der Waals surface area contributed by atoms with E-state index >= 15 is 0 Å². The molecule has 1 aromatic rings. The molecule has 1 unspecified atom stereocenters. The van der Waals surface area contributed by atoms with Gasteiger partial charge in [0.2, 0.25) is 0 Å². The third-order valence-electron chi connectivity index (χ3n) is 1.54. The molecule has 0 amide bonds. The van der Waals surface area contributed by atoms with Gasteiger partial charge in [-0.15, -0.1) is 0 Å². The fourth-order valence-electron chi connectivity index (χ4n) is 0.975. The van der Waals surface area contributed by atoms with Crippen LogP contribution < -0.4 is 18.9 Å². The fourth-order valence-corrected chi connectivity index (χ4v) is 1.59. The van der Waals surface area contributed by atoms with Gasteiger partial charge in [-0.3, -0.25) is 4.21 Å². The van der Waals surface area contributed by atoms with E-state index in [1.54, 1.807) is 0 Å². The van der Waals surface area contributed by atoms with Crippen molar-refractivity contribution in [1.29, 1.82) is 0 Å². The van der Waals surface area contributed by atoms with Crippen molar-refractivity contribution in [2.45, 2.75) is 17.7 Å². The van der Waals surface area contributed by atoms with Gasteiger partial charge in [-0.1, -0.05) is 18.2 Å². The second-order valence-corrected chi connectivity index (χ2v) is 3.53. The third-order valence-corrected chi connectivity index (χ3v) is 2.25. The van der Waals surface area contributed by atoms with Gasteiger partial charge >= 0.3 is 18.9 Å². The van der Waals surface area contributed by atoms with Crippen LogP contribution in [0.2, 0.25) is 0 Å². The van der Waals surface area contributed by atoms with Crippen molar-refractivity contribution < 1.29 is 36.4 Å². The average molecular weight is 212 g/mol. The molecule has 72 valence electrons. The molecule has 0 saturated heterocycles. The molecule has 1 atom stereocenters. The second-order valence-electron chi connectivity index (χ2n) is 2.62. The first-order chi connectivity index (χ1) is 5.93. The number of alkyl halides is 2. The summed E-state index contributed by atoms with van der Waals surface area (Å²) in [6.07, 6.45) is 0. The van der Waals surface area contributed by atoms with E-state index in [2.05, 4.69) is 0 Å². The van der Waals surface area contributed by atoms with Crippen LogP contribution in [0.15, 0.2) is 29.2 Å². The Kier molecular flexibility index (Phi) is 4.96. The van der Waals surface area contributed by atoms with Crippen LogP contribution in [0.1, 0.15) is 12.5 Å². The molecular weight excluding hydrogens is 205 g/mol. The molecule has 6 heteroatoms. The molecule has 0 fully saturated rings. The van der Waals surface area contributed by atoms with Crippen LogP contribution >= 0.6 is 0 Å². The van der Waals surface area contributed by atoms with Crippen LogP contribution in [-0.2, 0) is 17.0 Å². The molecule has 0 spiro atoms. The summed E-state index contributed by atoms with van der Waals surface area (Å²) in [6, 6.07) is 5.03. The summed E-state index contributed by atoms with van der Waals surface area (Å²) in [5, 5.41) is 0. The van der Waals surface area contributed by atoms with Crippen LogP contribution in [0, 0.1) is 0 Å². The summed E-state index contributed by atoms with van der Waals surface area (Å²) in [7, 11) is 0. The van der Waals surface area contributed by atoms with Crippen molar-refractivity contribution in [3.63, 3.8) is 0 Å². The van der Waals surface area contributed by atoms with Crippen molar-refractivity contribution in [2.75, 3.05) is 0 Å². The van der Waals surface area contributed by atoms with E-state index in [4.69, 9.17) is 0 Å². The molecule has 1 rings (SSSR count). The minimum atomic E-state index is -3.13. The summed E-state index contributed by atoms with van der Waals surface area (Å²) in [4.78, 5) is -0.352. The van der Waals surface area contributed by atoms with Gasteiger partial charge < -0.3 is 4.55 Å². The maximum Gasteiger partial charge on any atom is 1.00 e. The number of halogens is 2. The Labute approximate surface area is 95.2 Å². The Morgan fingerprint density at radius 2 is 1.86 bits per heavy atom. The maximum absolute atomic E-state index is 12.8. The number of rotatable bonds is 2. The Balaban J connectivity index is 0.00000169. The monoisotopic (exact) mass is 212 g/mol. The molecule has 0 N–H and O–H groups in total. The SMILES string of the molecule is CC(F)(F)c1ccccc1S(=O)[O-].[Li+]. The number of benzene rings is 1. The molecule has 0 aliphatic rings. The largest absolute Gasteiger partial charge is 1.00 e. The first kappa shape index (κ1) is 13.8. The van der Waals surface area contributed by atoms with E-state index in [1.165, 1.54) is 12.1 Å². The minimum Gasteiger partial charge on any atom is -0.768 e. The van der Waals surface area contributed by atoms with Gasteiger partial charge in [0, 0.05) is 17.4 Å². The van der Waals surface area contributed by atoms with E-state index in [-0.39, 0.29) is 23.8 Å². The normalized spacial score (nSPS) is 13.1. The van der Waals surface area contributed by atoms with E-state index in [0.29, 0.717) is 6.92 Å². The Hall–Kier alpha value is -0.213. The second kappa shape index (κ2) is 5.03. The van der Waals surface area contributed by atoms with E-state index < -0.39 is 22.6 Å². The topological polar surface area (TPSA) is 40.1 Å². The quantitative estimate of drug-likeness (QED) is 0.468. The molecule has 0 radical (unpaired) electrons. The molecule has 2 nitrogen and oxygen atoms in total. The molecular formula is C8H7F2LiO2S. The van der Waals surface area contributed by atoms with Gasteiger partial charge in [-0.05, 0) is 17.1 Å². The number of hydrogen-bond donors (Lipinski definition) is 0. The van der Waals surface area contributed by atoms with Crippen molar-refractivity contribution in [1.82, 2.24) is 0 Å². The Bertz CT molecular complexity index is 338. The smallest absolute Gasteiger partial charge is 0.768 e. The Morgan fingerprint density at radius 3 is 2.21 bits per heavy atom.